The van der Waals surface area contributed by atoms with E-state index in [0.717, 1.165) is 17.2 Å². The van der Waals surface area contributed by atoms with Gasteiger partial charge in [-0.1, -0.05) is 24.6 Å². The zero-order chi connectivity index (χ0) is 18.5. The molecule has 9 heteroatoms. The van der Waals surface area contributed by atoms with E-state index >= 15 is 0 Å². The van der Waals surface area contributed by atoms with Gasteiger partial charge in [0.05, 0.1) is 17.3 Å². The van der Waals surface area contributed by atoms with Crippen molar-refractivity contribution in [2.45, 2.75) is 19.4 Å². The van der Waals surface area contributed by atoms with Crippen molar-refractivity contribution in [2.24, 2.45) is 0 Å². The summed E-state index contributed by atoms with van der Waals surface area (Å²) in [6.07, 6.45) is 3.52. The third kappa shape index (κ3) is 4.08. The number of anilines is 1. The quantitative estimate of drug-likeness (QED) is 0.568. The first-order valence-corrected chi connectivity index (χ1v) is 9.65. The van der Waals surface area contributed by atoms with E-state index in [4.69, 9.17) is 11.6 Å². The Hall–Kier alpha value is -2.32. The zero-order valence-corrected chi connectivity index (χ0v) is 15.7. The van der Waals surface area contributed by atoms with Gasteiger partial charge in [-0.05, 0) is 36.1 Å². The number of aliphatic carboxylic acids is 1. The first-order chi connectivity index (χ1) is 12.6. The van der Waals surface area contributed by atoms with Crippen molar-refractivity contribution in [3.05, 3.63) is 41.8 Å². The zero-order valence-electron chi connectivity index (χ0n) is 14.1. The monoisotopic (exact) mass is 391 g/mol. The Morgan fingerprint density at radius 3 is 3.00 bits per heavy atom. The van der Waals surface area contributed by atoms with Crippen LogP contribution in [0.2, 0.25) is 5.02 Å². The fraction of sp³-hybridized carbons (Fsp3) is 0.294. The highest BCUT2D eigenvalue weighted by Crippen LogP contribution is 2.24. The molecule has 3 aromatic rings. The number of carbonyl (C=O) groups is 1. The number of nitrogens with zero attached hydrogens (tertiary/aromatic N) is 4. The Labute approximate surface area is 159 Å². The molecule has 2 N–H and O–H groups in total. The van der Waals surface area contributed by atoms with Gasteiger partial charge in [-0.2, -0.15) is 16.9 Å². The van der Waals surface area contributed by atoms with E-state index in [1.54, 1.807) is 34.8 Å². The molecule has 0 aliphatic heterocycles. The van der Waals surface area contributed by atoms with E-state index in [-0.39, 0.29) is 0 Å². The fourth-order valence-electron chi connectivity index (χ4n) is 2.52. The molecule has 0 saturated carbocycles. The molecular formula is C17H18ClN5O2S. The highest BCUT2D eigenvalue weighted by molar-refractivity contribution is 7.99. The van der Waals surface area contributed by atoms with Gasteiger partial charge in [0.1, 0.15) is 18.2 Å². The number of nitrogens with one attached hydrogen (secondary N) is 1. The Morgan fingerprint density at radius 1 is 1.42 bits per heavy atom. The number of hydrogen-bond acceptors (Lipinski definition) is 6. The molecule has 2 aromatic heterocycles. The molecule has 0 spiro atoms. The molecule has 7 nitrogen and oxygen atoms in total. The maximum atomic E-state index is 11.5. The topological polar surface area (TPSA) is 92.9 Å². The van der Waals surface area contributed by atoms with Crippen molar-refractivity contribution in [2.75, 3.05) is 16.8 Å². The van der Waals surface area contributed by atoms with E-state index < -0.39 is 12.0 Å². The Morgan fingerprint density at radius 2 is 2.27 bits per heavy atom. The van der Waals surface area contributed by atoms with E-state index in [1.165, 1.54) is 6.33 Å². The van der Waals surface area contributed by atoms with Crippen molar-refractivity contribution >= 4 is 46.2 Å². The van der Waals surface area contributed by atoms with Crippen molar-refractivity contribution in [3.63, 3.8) is 0 Å². The summed E-state index contributed by atoms with van der Waals surface area (Å²) in [6.45, 7) is 2.05. The first kappa shape index (κ1) is 18.5. The SMILES string of the molecule is CCSCCC(Nc1ncnc2c1cnn2-c1cccc(Cl)c1)C(=O)O. The van der Waals surface area contributed by atoms with E-state index in [2.05, 4.69) is 20.4 Å². The van der Waals surface area contributed by atoms with Crippen LogP contribution in [0.15, 0.2) is 36.8 Å². The smallest absolute Gasteiger partial charge is 0.326 e. The van der Waals surface area contributed by atoms with E-state index in [1.807, 2.05) is 19.1 Å². The molecule has 0 aliphatic carbocycles. The van der Waals surface area contributed by atoms with Crippen LogP contribution in [0.3, 0.4) is 0 Å². The van der Waals surface area contributed by atoms with Crippen LogP contribution in [-0.4, -0.2) is 48.4 Å². The molecule has 136 valence electrons. The number of rotatable bonds is 8. The van der Waals surface area contributed by atoms with Crippen LogP contribution in [0.25, 0.3) is 16.7 Å². The van der Waals surface area contributed by atoms with E-state index in [9.17, 15) is 9.90 Å². The second-order valence-corrected chi connectivity index (χ2v) is 7.35. The fourth-order valence-corrected chi connectivity index (χ4v) is 3.40. The molecule has 0 aliphatic rings. The normalized spacial score (nSPS) is 12.2. The van der Waals surface area contributed by atoms with Crippen LogP contribution in [0.5, 0.6) is 0 Å². The lowest BCUT2D eigenvalue weighted by Gasteiger charge is -2.15. The van der Waals surface area contributed by atoms with Gasteiger partial charge in [-0.3, -0.25) is 0 Å². The van der Waals surface area contributed by atoms with Crippen LogP contribution in [0, 0.1) is 0 Å². The van der Waals surface area contributed by atoms with Gasteiger partial charge in [0.15, 0.2) is 5.65 Å². The summed E-state index contributed by atoms with van der Waals surface area (Å²) in [4.78, 5) is 20.0. The van der Waals surface area contributed by atoms with Crippen molar-refractivity contribution in [1.29, 1.82) is 0 Å². The molecule has 0 fully saturated rings. The minimum Gasteiger partial charge on any atom is -0.480 e. The summed E-state index contributed by atoms with van der Waals surface area (Å²) in [5.41, 5.74) is 1.35. The maximum absolute atomic E-state index is 11.5. The molecule has 3 rings (SSSR count). The minimum absolute atomic E-state index is 0.456. The molecule has 0 amide bonds. The van der Waals surface area contributed by atoms with Crippen LogP contribution in [0.4, 0.5) is 5.82 Å². The number of carboxylic acid groups (broad SMARTS) is 1. The molecule has 0 saturated heterocycles. The largest absolute Gasteiger partial charge is 0.480 e. The molecule has 1 atom stereocenters. The number of aromatic nitrogens is 4. The van der Waals surface area contributed by atoms with Gasteiger partial charge in [0.2, 0.25) is 0 Å². The van der Waals surface area contributed by atoms with Gasteiger partial charge >= 0.3 is 5.97 Å². The molecular weight excluding hydrogens is 374 g/mol. The Bertz CT molecular complexity index is 917. The second-order valence-electron chi connectivity index (χ2n) is 5.52. The lowest BCUT2D eigenvalue weighted by Crippen LogP contribution is -2.30. The summed E-state index contributed by atoms with van der Waals surface area (Å²) < 4.78 is 1.65. The second kappa shape index (κ2) is 8.37. The molecule has 0 radical (unpaired) electrons. The molecule has 1 unspecified atom stereocenters. The van der Waals surface area contributed by atoms with Crippen LogP contribution >= 0.6 is 23.4 Å². The molecule has 1 aromatic carbocycles. The first-order valence-electron chi connectivity index (χ1n) is 8.12. The van der Waals surface area contributed by atoms with Gasteiger partial charge in [0.25, 0.3) is 0 Å². The average molecular weight is 392 g/mol. The number of carboxylic acids is 1. The lowest BCUT2D eigenvalue weighted by molar-refractivity contribution is -0.137. The standard InChI is InChI=1S/C17H18ClN5O2S/c1-2-26-7-6-14(17(24)25)22-15-13-9-21-23(16(13)20-10-19-15)12-5-3-4-11(18)8-12/h3-5,8-10,14H,2,6-7H2,1H3,(H,24,25)(H,19,20,22). The highest BCUT2D eigenvalue weighted by atomic mass is 35.5. The van der Waals surface area contributed by atoms with Gasteiger partial charge < -0.3 is 10.4 Å². The number of hydrogen-bond donors (Lipinski definition) is 2. The maximum Gasteiger partial charge on any atom is 0.326 e. The van der Waals surface area contributed by atoms with Gasteiger partial charge in [-0.15, -0.1) is 0 Å². The van der Waals surface area contributed by atoms with E-state index in [0.29, 0.717) is 28.3 Å². The summed E-state index contributed by atoms with van der Waals surface area (Å²) in [5.74, 6) is 1.26. The minimum atomic E-state index is -0.907. The summed E-state index contributed by atoms with van der Waals surface area (Å²) in [7, 11) is 0. The number of halogens is 1. The average Bonchev–Trinajstić information content (AvgIpc) is 3.06. The third-order valence-corrected chi connectivity index (χ3v) is 4.95. The highest BCUT2D eigenvalue weighted by Gasteiger charge is 2.20. The van der Waals surface area contributed by atoms with Gasteiger partial charge in [0, 0.05) is 5.02 Å². The van der Waals surface area contributed by atoms with Crippen LogP contribution in [0.1, 0.15) is 13.3 Å². The molecule has 26 heavy (non-hydrogen) atoms. The van der Waals surface area contributed by atoms with Crippen molar-refractivity contribution in [3.8, 4) is 5.69 Å². The predicted molar refractivity (Wildman–Crippen MR) is 104 cm³/mol. The lowest BCUT2D eigenvalue weighted by atomic mass is 10.2. The van der Waals surface area contributed by atoms with Crippen LogP contribution < -0.4 is 5.32 Å². The number of benzene rings is 1. The predicted octanol–water partition coefficient (Wildman–Crippen LogP) is 3.48. The molecule has 0 bridgehead atoms. The van der Waals surface area contributed by atoms with Gasteiger partial charge in [-0.25, -0.2) is 19.4 Å². The van der Waals surface area contributed by atoms with Crippen molar-refractivity contribution in [1.82, 2.24) is 19.7 Å². The number of thioether (sulfide) groups is 1. The third-order valence-electron chi connectivity index (χ3n) is 3.78. The summed E-state index contributed by atoms with van der Waals surface area (Å²) >= 11 is 7.76. The Balaban J connectivity index is 1.91. The molecule has 2 heterocycles. The summed E-state index contributed by atoms with van der Waals surface area (Å²) in [6, 6.07) is 6.55. The Kier molecular flexibility index (Phi) is 5.95. The van der Waals surface area contributed by atoms with Crippen molar-refractivity contribution < 1.29 is 9.90 Å². The summed E-state index contributed by atoms with van der Waals surface area (Å²) in [5, 5.41) is 18.1. The number of fused-ring (bicyclic) bond motifs is 1. The van der Waals surface area contributed by atoms with Crippen LogP contribution in [-0.2, 0) is 4.79 Å².